The summed E-state index contributed by atoms with van der Waals surface area (Å²) in [7, 11) is 0. The number of hydrogen-bond donors (Lipinski definition) is 2. The van der Waals surface area contributed by atoms with Gasteiger partial charge in [-0.2, -0.15) is 0 Å². The second-order valence-corrected chi connectivity index (χ2v) is 3.26. The number of rotatable bonds is 3. The van der Waals surface area contributed by atoms with E-state index in [-0.39, 0.29) is 12.6 Å². The normalized spacial score (nSPS) is 13.4. The molecule has 0 aliphatic carbocycles. The van der Waals surface area contributed by atoms with Crippen LogP contribution in [0.5, 0.6) is 0 Å². The van der Waals surface area contributed by atoms with Crippen LogP contribution in [0.15, 0.2) is 17.5 Å². The lowest BCUT2D eigenvalue weighted by atomic mass is 10.2. The second kappa shape index (κ2) is 3.71. The standard InChI is InChI=1S/C7H11NOS/c8-6(5-9)4-7-2-1-3-10-7/h1-3,6,9H,4-5,8H2. The minimum atomic E-state index is -0.0985. The zero-order valence-electron chi connectivity index (χ0n) is 5.66. The van der Waals surface area contributed by atoms with E-state index in [9.17, 15) is 0 Å². The Hall–Kier alpha value is -0.380. The van der Waals surface area contributed by atoms with E-state index < -0.39 is 0 Å². The van der Waals surface area contributed by atoms with E-state index in [0.717, 1.165) is 6.42 Å². The fourth-order valence-electron chi connectivity index (χ4n) is 0.752. The van der Waals surface area contributed by atoms with Crippen molar-refractivity contribution in [1.29, 1.82) is 0 Å². The van der Waals surface area contributed by atoms with Gasteiger partial charge in [0.25, 0.3) is 0 Å². The lowest BCUT2D eigenvalue weighted by Gasteiger charge is -2.03. The minimum absolute atomic E-state index is 0.0674. The van der Waals surface area contributed by atoms with Crippen molar-refractivity contribution in [3.05, 3.63) is 22.4 Å². The molecular weight excluding hydrogens is 146 g/mol. The second-order valence-electron chi connectivity index (χ2n) is 2.23. The minimum Gasteiger partial charge on any atom is -0.395 e. The molecule has 1 rings (SSSR count). The van der Waals surface area contributed by atoms with Gasteiger partial charge >= 0.3 is 0 Å². The van der Waals surface area contributed by atoms with E-state index in [2.05, 4.69) is 0 Å². The average molecular weight is 157 g/mol. The van der Waals surface area contributed by atoms with Crippen molar-refractivity contribution < 1.29 is 5.11 Å². The highest BCUT2D eigenvalue weighted by atomic mass is 32.1. The molecule has 0 aliphatic heterocycles. The summed E-state index contributed by atoms with van der Waals surface area (Å²) in [6.07, 6.45) is 0.786. The first-order valence-electron chi connectivity index (χ1n) is 3.21. The lowest BCUT2D eigenvalue weighted by molar-refractivity contribution is 0.266. The van der Waals surface area contributed by atoms with Crippen LogP contribution in [0.1, 0.15) is 4.88 Å². The van der Waals surface area contributed by atoms with E-state index in [1.54, 1.807) is 11.3 Å². The van der Waals surface area contributed by atoms with Crippen LogP contribution in [-0.2, 0) is 6.42 Å². The van der Waals surface area contributed by atoms with Gasteiger partial charge in [-0.05, 0) is 17.9 Å². The third-order valence-electron chi connectivity index (χ3n) is 1.28. The van der Waals surface area contributed by atoms with E-state index >= 15 is 0 Å². The van der Waals surface area contributed by atoms with Crippen LogP contribution in [0.3, 0.4) is 0 Å². The fourth-order valence-corrected chi connectivity index (χ4v) is 1.55. The Morgan fingerprint density at radius 2 is 2.50 bits per heavy atom. The quantitative estimate of drug-likeness (QED) is 0.675. The first-order chi connectivity index (χ1) is 4.83. The van der Waals surface area contributed by atoms with Gasteiger partial charge in [-0.3, -0.25) is 0 Å². The van der Waals surface area contributed by atoms with Crippen LogP contribution in [0, 0.1) is 0 Å². The number of thiophene rings is 1. The van der Waals surface area contributed by atoms with E-state index in [1.807, 2.05) is 17.5 Å². The molecule has 1 unspecified atom stereocenters. The van der Waals surface area contributed by atoms with Crippen LogP contribution in [0.25, 0.3) is 0 Å². The van der Waals surface area contributed by atoms with Crippen molar-refractivity contribution in [2.45, 2.75) is 12.5 Å². The molecule has 1 heterocycles. The molecule has 0 aliphatic rings. The van der Waals surface area contributed by atoms with Gasteiger partial charge in [0.1, 0.15) is 0 Å². The highest BCUT2D eigenvalue weighted by Gasteiger charge is 2.01. The Bertz CT molecular complexity index is 174. The molecule has 3 N–H and O–H groups in total. The Balaban J connectivity index is 2.40. The molecular formula is C7H11NOS. The van der Waals surface area contributed by atoms with E-state index in [1.165, 1.54) is 4.88 Å². The first kappa shape index (κ1) is 7.72. The molecule has 0 fully saturated rings. The third-order valence-corrected chi connectivity index (χ3v) is 2.18. The van der Waals surface area contributed by atoms with Gasteiger partial charge in [0, 0.05) is 10.9 Å². The molecule has 0 saturated carbocycles. The zero-order valence-corrected chi connectivity index (χ0v) is 6.47. The Kier molecular flexibility index (Phi) is 2.86. The van der Waals surface area contributed by atoms with Gasteiger partial charge in [-0.1, -0.05) is 6.07 Å². The molecule has 2 nitrogen and oxygen atoms in total. The molecule has 1 aromatic rings. The smallest absolute Gasteiger partial charge is 0.0586 e. The van der Waals surface area contributed by atoms with E-state index in [4.69, 9.17) is 10.8 Å². The van der Waals surface area contributed by atoms with Crippen LogP contribution in [-0.4, -0.2) is 17.8 Å². The predicted molar refractivity (Wildman–Crippen MR) is 43.1 cm³/mol. The zero-order chi connectivity index (χ0) is 7.40. The van der Waals surface area contributed by atoms with Crippen molar-refractivity contribution >= 4 is 11.3 Å². The molecule has 0 saturated heterocycles. The fraction of sp³-hybridized carbons (Fsp3) is 0.429. The van der Waals surface area contributed by atoms with Gasteiger partial charge in [0.2, 0.25) is 0 Å². The number of hydrogen-bond acceptors (Lipinski definition) is 3. The Morgan fingerprint density at radius 3 is 3.00 bits per heavy atom. The Morgan fingerprint density at radius 1 is 1.70 bits per heavy atom. The Labute approximate surface area is 64.3 Å². The average Bonchev–Trinajstić information content (AvgIpc) is 2.40. The van der Waals surface area contributed by atoms with Crippen molar-refractivity contribution in [3.63, 3.8) is 0 Å². The largest absolute Gasteiger partial charge is 0.395 e. The summed E-state index contributed by atoms with van der Waals surface area (Å²) >= 11 is 1.68. The van der Waals surface area contributed by atoms with E-state index in [0.29, 0.717) is 0 Å². The predicted octanol–water partition coefficient (Wildman–Crippen LogP) is 0.610. The summed E-state index contributed by atoms with van der Waals surface area (Å²) in [5.41, 5.74) is 5.52. The van der Waals surface area contributed by atoms with Gasteiger partial charge in [-0.25, -0.2) is 0 Å². The molecule has 56 valence electrons. The maximum atomic E-state index is 8.61. The van der Waals surface area contributed by atoms with Crippen LogP contribution in [0.4, 0.5) is 0 Å². The molecule has 0 radical (unpaired) electrons. The van der Waals surface area contributed by atoms with Gasteiger partial charge in [0.05, 0.1) is 6.61 Å². The summed E-state index contributed by atoms with van der Waals surface area (Å²) in [4.78, 5) is 1.24. The van der Waals surface area contributed by atoms with Crippen LogP contribution in [0.2, 0.25) is 0 Å². The van der Waals surface area contributed by atoms with Crippen LogP contribution >= 0.6 is 11.3 Å². The summed E-state index contributed by atoms with van der Waals surface area (Å²) in [5, 5.41) is 10.6. The molecule has 0 amide bonds. The number of aliphatic hydroxyl groups excluding tert-OH is 1. The van der Waals surface area contributed by atoms with Crippen molar-refractivity contribution in [1.82, 2.24) is 0 Å². The van der Waals surface area contributed by atoms with Crippen molar-refractivity contribution in [2.75, 3.05) is 6.61 Å². The molecule has 3 heteroatoms. The first-order valence-corrected chi connectivity index (χ1v) is 4.09. The topological polar surface area (TPSA) is 46.2 Å². The molecule has 0 bridgehead atoms. The summed E-state index contributed by atoms with van der Waals surface area (Å²) in [6.45, 7) is 0.0674. The van der Waals surface area contributed by atoms with Crippen LogP contribution < -0.4 is 5.73 Å². The maximum Gasteiger partial charge on any atom is 0.0586 e. The molecule has 1 aromatic heterocycles. The molecule has 0 aromatic carbocycles. The third kappa shape index (κ3) is 2.10. The molecule has 10 heavy (non-hydrogen) atoms. The summed E-state index contributed by atoms with van der Waals surface area (Å²) < 4.78 is 0. The lowest BCUT2D eigenvalue weighted by Crippen LogP contribution is -2.26. The monoisotopic (exact) mass is 157 g/mol. The highest BCUT2D eigenvalue weighted by molar-refractivity contribution is 7.09. The molecule has 0 spiro atoms. The number of aliphatic hydroxyl groups is 1. The van der Waals surface area contributed by atoms with Gasteiger partial charge in [0.15, 0.2) is 0 Å². The van der Waals surface area contributed by atoms with Crippen molar-refractivity contribution in [3.8, 4) is 0 Å². The summed E-state index contributed by atoms with van der Waals surface area (Å²) in [5.74, 6) is 0. The number of nitrogens with two attached hydrogens (primary N) is 1. The highest BCUT2D eigenvalue weighted by Crippen LogP contribution is 2.09. The maximum absolute atomic E-state index is 8.61. The van der Waals surface area contributed by atoms with Gasteiger partial charge in [-0.15, -0.1) is 11.3 Å². The SMILES string of the molecule is NC(CO)Cc1cccs1. The molecule has 1 atom stereocenters. The van der Waals surface area contributed by atoms with Crippen molar-refractivity contribution in [2.24, 2.45) is 5.73 Å². The summed E-state index contributed by atoms with van der Waals surface area (Å²) in [6, 6.07) is 3.92. The van der Waals surface area contributed by atoms with Gasteiger partial charge < -0.3 is 10.8 Å².